The molecule has 0 aliphatic heterocycles. The lowest BCUT2D eigenvalue weighted by Crippen LogP contribution is -2.39. The smallest absolute Gasteiger partial charge is 0.251 e. The number of hydrogen-bond acceptors (Lipinski definition) is 2. The highest BCUT2D eigenvalue weighted by molar-refractivity contribution is 5.94. The second-order valence-electron chi connectivity index (χ2n) is 5.96. The molecule has 1 aromatic carbocycles. The summed E-state index contributed by atoms with van der Waals surface area (Å²) in [6, 6.07) is 7.42. The van der Waals surface area contributed by atoms with Gasteiger partial charge in [-0.25, -0.2) is 0 Å². The molecule has 0 aromatic heterocycles. The van der Waals surface area contributed by atoms with Crippen molar-refractivity contribution in [3.05, 3.63) is 35.4 Å². The van der Waals surface area contributed by atoms with Crippen LogP contribution in [0.4, 0.5) is 0 Å². The average molecular weight is 275 g/mol. The van der Waals surface area contributed by atoms with Gasteiger partial charge in [-0.3, -0.25) is 4.79 Å². The van der Waals surface area contributed by atoms with E-state index >= 15 is 0 Å². The summed E-state index contributed by atoms with van der Waals surface area (Å²) < 4.78 is 0. The minimum absolute atomic E-state index is 0.0219. The number of aliphatic hydroxyl groups is 1. The van der Waals surface area contributed by atoms with Crippen molar-refractivity contribution in [2.45, 2.75) is 51.5 Å². The molecule has 1 aliphatic carbocycles. The van der Waals surface area contributed by atoms with Gasteiger partial charge in [0.1, 0.15) is 0 Å². The maximum Gasteiger partial charge on any atom is 0.251 e. The largest absolute Gasteiger partial charge is 0.394 e. The van der Waals surface area contributed by atoms with Crippen molar-refractivity contribution >= 4 is 5.91 Å². The number of benzene rings is 1. The summed E-state index contributed by atoms with van der Waals surface area (Å²) in [7, 11) is 0. The Morgan fingerprint density at radius 3 is 2.50 bits per heavy atom. The maximum atomic E-state index is 12.1. The molecule has 1 amide bonds. The van der Waals surface area contributed by atoms with E-state index in [1.54, 1.807) is 0 Å². The van der Waals surface area contributed by atoms with Gasteiger partial charge in [-0.15, -0.1) is 0 Å². The van der Waals surface area contributed by atoms with Crippen LogP contribution in [-0.2, 0) is 0 Å². The molecular weight excluding hydrogens is 250 g/mol. The van der Waals surface area contributed by atoms with E-state index in [9.17, 15) is 9.90 Å². The topological polar surface area (TPSA) is 49.3 Å². The molecule has 110 valence electrons. The third kappa shape index (κ3) is 4.34. The fraction of sp³-hybridized carbons (Fsp3) is 0.588. The van der Waals surface area contributed by atoms with E-state index in [-0.39, 0.29) is 18.6 Å². The molecule has 1 aliphatic rings. The summed E-state index contributed by atoms with van der Waals surface area (Å²) in [6.45, 7) is 2.02. The lowest BCUT2D eigenvalue weighted by molar-refractivity contribution is 0.0902. The predicted molar refractivity (Wildman–Crippen MR) is 80.7 cm³/mol. The monoisotopic (exact) mass is 275 g/mol. The molecule has 1 aromatic rings. The van der Waals surface area contributed by atoms with Crippen molar-refractivity contribution in [3.63, 3.8) is 0 Å². The van der Waals surface area contributed by atoms with Gasteiger partial charge in [0.15, 0.2) is 0 Å². The number of aliphatic hydroxyl groups excluding tert-OH is 1. The fourth-order valence-electron chi connectivity index (χ4n) is 2.98. The van der Waals surface area contributed by atoms with Gasteiger partial charge in [-0.05, 0) is 31.4 Å². The van der Waals surface area contributed by atoms with Crippen molar-refractivity contribution in [2.75, 3.05) is 6.61 Å². The lowest BCUT2D eigenvalue weighted by atomic mass is 9.85. The van der Waals surface area contributed by atoms with Gasteiger partial charge in [-0.1, -0.05) is 49.8 Å². The van der Waals surface area contributed by atoms with E-state index in [4.69, 9.17) is 0 Å². The first-order valence-electron chi connectivity index (χ1n) is 7.67. The summed E-state index contributed by atoms with van der Waals surface area (Å²) in [5, 5.41) is 12.4. The third-order valence-corrected chi connectivity index (χ3v) is 4.21. The first-order chi connectivity index (χ1) is 9.69. The molecule has 0 spiro atoms. The van der Waals surface area contributed by atoms with Crippen LogP contribution in [0.25, 0.3) is 0 Å². The van der Waals surface area contributed by atoms with Gasteiger partial charge < -0.3 is 10.4 Å². The normalized spacial score (nSPS) is 17.7. The standard InChI is InChI=1S/C17H25NO2/c1-13-7-9-15(10-8-13)17(20)18-16(12-19)11-14-5-3-2-4-6-14/h7-10,14,16,19H,2-6,11-12H2,1H3,(H,18,20). The number of aryl methyl sites for hydroxylation is 1. The summed E-state index contributed by atoms with van der Waals surface area (Å²) in [4.78, 5) is 12.1. The first kappa shape index (κ1) is 15.0. The third-order valence-electron chi connectivity index (χ3n) is 4.21. The van der Waals surface area contributed by atoms with Crippen molar-refractivity contribution in [1.29, 1.82) is 0 Å². The Hall–Kier alpha value is -1.35. The fourth-order valence-corrected chi connectivity index (χ4v) is 2.98. The Kier molecular flexibility index (Phi) is 5.60. The molecular formula is C17H25NO2. The molecule has 0 saturated heterocycles. The minimum atomic E-state index is -0.119. The zero-order valence-electron chi connectivity index (χ0n) is 12.3. The van der Waals surface area contributed by atoms with Gasteiger partial charge in [0, 0.05) is 5.56 Å². The van der Waals surface area contributed by atoms with Crippen LogP contribution in [0.15, 0.2) is 24.3 Å². The van der Waals surface area contributed by atoms with Crippen LogP contribution in [0.3, 0.4) is 0 Å². The van der Waals surface area contributed by atoms with Crippen LogP contribution in [0, 0.1) is 12.8 Å². The molecule has 2 rings (SSSR count). The SMILES string of the molecule is Cc1ccc(C(=O)NC(CO)CC2CCCCC2)cc1. The molecule has 1 atom stereocenters. The first-order valence-corrected chi connectivity index (χ1v) is 7.67. The van der Waals surface area contributed by atoms with Crippen molar-refractivity contribution in [1.82, 2.24) is 5.32 Å². The predicted octanol–water partition coefficient (Wildman–Crippen LogP) is 3.06. The maximum absolute atomic E-state index is 12.1. The van der Waals surface area contributed by atoms with Crippen LogP contribution in [0.2, 0.25) is 0 Å². The van der Waals surface area contributed by atoms with E-state index in [1.807, 2.05) is 31.2 Å². The van der Waals surface area contributed by atoms with E-state index in [2.05, 4.69) is 5.32 Å². The molecule has 1 fully saturated rings. The lowest BCUT2D eigenvalue weighted by Gasteiger charge is -2.26. The van der Waals surface area contributed by atoms with Crippen LogP contribution < -0.4 is 5.32 Å². The van der Waals surface area contributed by atoms with Crippen molar-refractivity contribution in [2.24, 2.45) is 5.92 Å². The van der Waals surface area contributed by atoms with Gasteiger partial charge in [0.05, 0.1) is 12.6 Å². The molecule has 0 bridgehead atoms. The van der Waals surface area contributed by atoms with Gasteiger partial charge in [0.2, 0.25) is 0 Å². The van der Waals surface area contributed by atoms with Gasteiger partial charge in [0.25, 0.3) is 5.91 Å². The van der Waals surface area contributed by atoms with Crippen LogP contribution in [0.5, 0.6) is 0 Å². The average Bonchev–Trinajstić information content (AvgIpc) is 2.48. The molecule has 2 N–H and O–H groups in total. The zero-order valence-corrected chi connectivity index (χ0v) is 12.3. The number of nitrogens with one attached hydrogen (secondary N) is 1. The number of rotatable bonds is 5. The Balaban J connectivity index is 1.88. The summed E-state index contributed by atoms with van der Waals surface area (Å²) >= 11 is 0. The van der Waals surface area contributed by atoms with Crippen LogP contribution >= 0.6 is 0 Å². The minimum Gasteiger partial charge on any atom is -0.394 e. The zero-order chi connectivity index (χ0) is 14.4. The van der Waals surface area contributed by atoms with Crippen LogP contribution in [-0.4, -0.2) is 23.7 Å². The Morgan fingerprint density at radius 2 is 1.90 bits per heavy atom. The van der Waals surface area contributed by atoms with Gasteiger partial charge >= 0.3 is 0 Å². The number of carbonyl (C=O) groups is 1. The van der Waals surface area contributed by atoms with Crippen molar-refractivity contribution in [3.8, 4) is 0 Å². The molecule has 3 nitrogen and oxygen atoms in total. The number of amides is 1. The van der Waals surface area contributed by atoms with E-state index in [1.165, 1.54) is 32.1 Å². The Bertz CT molecular complexity index is 421. The molecule has 0 radical (unpaired) electrons. The van der Waals surface area contributed by atoms with E-state index < -0.39 is 0 Å². The number of hydrogen-bond donors (Lipinski definition) is 2. The molecule has 0 heterocycles. The van der Waals surface area contributed by atoms with Crippen molar-refractivity contribution < 1.29 is 9.90 Å². The highest BCUT2D eigenvalue weighted by Crippen LogP contribution is 2.27. The van der Waals surface area contributed by atoms with E-state index in [0.717, 1.165) is 12.0 Å². The van der Waals surface area contributed by atoms with Gasteiger partial charge in [-0.2, -0.15) is 0 Å². The Labute approximate surface area is 121 Å². The molecule has 20 heavy (non-hydrogen) atoms. The summed E-state index contributed by atoms with van der Waals surface area (Å²) in [5.74, 6) is 0.569. The molecule has 1 saturated carbocycles. The Morgan fingerprint density at radius 1 is 1.25 bits per heavy atom. The molecule has 3 heteroatoms. The van der Waals surface area contributed by atoms with E-state index in [0.29, 0.717) is 11.5 Å². The summed E-state index contributed by atoms with van der Waals surface area (Å²) in [5.41, 5.74) is 1.81. The summed E-state index contributed by atoms with van der Waals surface area (Å²) in [6.07, 6.45) is 7.27. The quantitative estimate of drug-likeness (QED) is 0.867. The second-order valence-corrected chi connectivity index (χ2v) is 5.96. The highest BCUT2D eigenvalue weighted by Gasteiger charge is 2.20. The highest BCUT2D eigenvalue weighted by atomic mass is 16.3. The second kappa shape index (κ2) is 7.44. The number of carbonyl (C=O) groups excluding carboxylic acids is 1. The molecule has 1 unspecified atom stereocenters. The van der Waals surface area contributed by atoms with Crippen LogP contribution in [0.1, 0.15) is 54.4 Å².